The van der Waals surface area contributed by atoms with Crippen molar-refractivity contribution >= 4 is 0 Å². The largest absolute Gasteiger partial charge is 0.496 e. The molecule has 2 aromatic rings. The molecule has 0 aliphatic rings. The summed E-state index contributed by atoms with van der Waals surface area (Å²) in [6, 6.07) is 16.3. The number of methoxy groups -OCH3 is 2. The lowest BCUT2D eigenvalue weighted by molar-refractivity contribution is 0.404. The molecule has 0 aliphatic carbocycles. The van der Waals surface area contributed by atoms with Gasteiger partial charge in [-0.3, -0.25) is 0 Å². The van der Waals surface area contributed by atoms with Crippen LogP contribution in [0.1, 0.15) is 42.4 Å². The second-order valence-corrected chi connectivity index (χ2v) is 5.85. The Morgan fingerprint density at radius 3 is 2.30 bits per heavy atom. The SMILES string of the molecule is COc1ccc(C(C)C)cc1CC(C#N)c1ccccc1OC. The summed E-state index contributed by atoms with van der Waals surface area (Å²) >= 11 is 0. The molecule has 0 fully saturated rings. The van der Waals surface area contributed by atoms with Gasteiger partial charge in [0.05, 0.1) is 26.2 Å². The van der Waals surface area contributed by atoms with Crippen molar-refractivity contribution in [1.82, 2.24) is 0 Å². The van der Waals surface area contributed by atoms with Gasteiger partial charge in [0.1, 0.15) is 11.5 Å². The lowest BCUT2D eigenvalue weighted by Crippen LogP contribution is -2.05. The van der Waals surface area contributed by atoms with Crippen LogP contribution in [0.15, 0.2) is 42.5 Å². The van der Waals surface area contributed by atoms with Crippen molar-refractivity contribution in [3.63, 3.8) is 0 Å². The fourth-order valence-electron chi connectivity index (χ4n) is 2.72. The molecule has 0 N–H and O–H groups in total. The Morgan fingerprint density at radius 2 is 1.70 bits per heavy atom. The Bertz CT molecular complexity index is 701. The molecule has 0 amide bonds. The molecule has 2 aromatic carbocycles. The molecular formula is C20H23NO2. The maximum Gasteiger partial charge on any atom is 0.123 e. The zero-order valence-corrected chi connectivity index (χ0v) is 14.2. The van der Waals surface area contributed by atoms with Crippen LogP contribution in [0, 0.1) is 11.3 Å². The van der Waals surface area contributed by atoms with Crippen molar-refractivity contribution in [2.45, 2.75) is 32.1 Å². The number of nitrogens with zero attached hydrogens (tertiary/aromatic N) is 1. The average molecular weight is 309 g/mol. The van der Waals surface area contributed by atoms with E-state index in [-0.39, 0.29) is 5.92 Å². The van der Waals surface area contributed by atoms with Crippen molar-refractivity contribution in [3.05, 3.63) is 59.2 Å². The summed E-state index contributed by atoms with van der Waals surface area (Å²) in [6.45, 7) is 4.32. The van der Waals surface area contributed by atoms with E-state index in [2.05, 4.69) is 32.0 Å². The molecule has 0 radical (unpaired) electrons. The molecule has 1 unspecified atom stereocenters. The lowest BCUT2D eigenvalue weighted by Gasteiger charge is -2.17. The van der Waals surface area contributed by atoms with Gasteiger partial charge in [-0.15, -0.1) is 0 Å². The van der Waals surface area contributed by atoms with Crippen molar-refractivity contribution in [1.29, 1.82) is 5.26 Å². The topological polar surface area (TPSA) is 42.2 Å². The first kappa shape index (κ1) is 16.9. The summed E-state index contributed by atoms with van der Waals surface area (Å²) in [5.74, 6) is 1.73. The first-order valence-corrected chi connectivity index (χ1v) is 7.80. The van der Waals surface area contributed by atoms with Crippen LogP contribution in [0.25, 0.3) is 0 Å². The van der Waals surface area contributed by atoms with Crippen LogP contribution < -0.4 is 9.47 Å². The Morgan fingerprint density at radius 1 is 1.00 bits per heavy atom. The van der Waals surface area contributed by atoms with Gasteiger partial charge < -0.3 is 9.47 Å². The summed E-state index contributed by atoms with van der Waals surface area (Å²) < 4.78 is 10.9. The van der Waals surface area contributed by atoms with Crippen LogP contribution in [-0.4, -0.2) is 14.2 Å². The second-order valence-electron chi connectivity index (χ2n) is 5.85. The highest BCUT2D eigenvalue weighted by atomic mass is 16.5. The molecule has 120 valence electrons. The molecule has 0 heterocycles. The summed E-state index contributed by atoms with van der Waals surface area (Å²) in [4.78, 5) is 0. The third-order valence-corrected chi connectivity index (χ3v) is 4.07. The molecule has 3 nitrogen and oxygen atoms in total. The first-order chi connectivity index (χ1) is 11.1. The predicted octanol–water partition coefficient (Wildman–Crippen LogP) is 4.68. The van der Waals surface area contributed by atoms with Gasteiger partial charge in [-0.05, 0) is 35.6 Å². The molecular weight excluding hydrogens is 286 g/mol. The summed E-state index contributed by atoms with van der Waals surface area (Å²) in [5.41, 5.74) is 3.21. The number of benzene rings is 2. The first-order valence-electron chi connectivity index (χ1n) is 7.80. The maximum absolute atomic E-state index is 9.66. The molecule has 0 spiro atoms. The lowest BCUT2D eigenvalue weighted by atomic mass is 9.90. The van der Waals surface area contributed by atoms with Gasteiger partial charge in [-0.25, -0.2) is 0 Å². The molecule has 1 atom stereocenters. The molecule has 0 aliphatic heterocycles. The standard InChI is InChI=1S/C20H23NO2/c1-14(2)15-9-10-19(22-3)16(11-15)12-17(13-21)18-7-5-6-8-20(18)23-4/h5-11,14,17H,12H2,1-4H3. The molecule has 0 bridgehead atoms. The van der Waals surface area contributed by atoms with E-state index in [0.29, 0.717) is 12.3 Å². The molecule has 0 saturated carbocycles. The van der Waals surface area contributed by atoms with Crippen LogP contribution in [0.3, 0.4) is 0 Å². The Balaban J connectivity index is 2.39. The maximum atomic E-state index is 9.66. The van der Waals surface area contributed by atoms with E-state index in [1.807, 2.05) is 30.3 Å². The Hall–Kier alpha value is -2.47. The van der Waals surface area contributed by atoms with E-state index in [4.69, 9.17) is 9.47 Å². The number of hydrogen-bond donors (Lipinski definition) is 0. The van der Waals surface area contributed by atoms with E-state index in [0.717, 1.165) is 22.6 Å². The molecule has 23 heavy (non-hydrogen) atoms. The average Bonchev–Trinajstić information content (AvgIpc) is 2.59. The minimum Gasteiger partial charge on any atom is -0.496 e. The minimum absolute atomic E-state index is 0.275. The Kier molecular flexibility index (Phi) is 5.65. The summed E-state index contributed by atoms with van der Waals surface area (Å²) in [5, 5.41) is 9.66. The van der Waals surface area contributed by atoms with Crippen LogP contribution in [0.5, 0.6) is 11.5 Å². The molecule has 0 saturated heterocycles. The van der Waals surface area contributed by atoms with E-state index in [1.54, 1.807) is 14.2 Å². The quantitative estimate of drug-likeness (QED) is 0.778. The zero-order chi connectivity index (χ0) is 16.8. The highest BCUT2D eigenvalue weighted by Crippen LogP contribution is 2.32. The normalized spacial score (nSPS) is 11.8. The third kappa shape index (κ3) is 3.84. The van der Waals surface area contributed by atoms with Crippen LogP contribution >= 0.6 is 0 Å². The zero-order valence-electron chi connectivity index (χ0n) is 14.2. The van der Waals surface area contributed by atoms with Gasteiger partial charge in [-0.2, -0.15) is 5.26 Å². The van der Waals surface area contributed by atoms with Gasteiger partial charge in [0, 0.05) is 5.56 Å². The van der Waals surface area contributed by atoms with Crippen molar-refractivity contribution in [3.8, 4) is 17.6 Å². The monoisotopic (exact) mass is 309 g/mol. The predicted molar refractivity (Wildman–Crippen MR) is 92.1 cm³/mol. The summed E-state index contributed by atoms with van der Waals surface area (Å²) in [6.07, 6.45) is 0.598. The number of ether oxygens (including phenoxy) is 2. The highest BCUT2D eigenvalue weighted by molar-refractivity contribution is 5.44. The van der Waals surface area contributed by atoms with E-state index in [1.165, 1.54) is 5.56 Å². The third-order valence-electron chi connectivity index (χ3n) is 4.07. The number of hydrogen-bond acceptors (Lipinski definition) is 3. The van der Waals surface area contributed by atoms with Crippen LogP contribution in [-0.2, 0) is 6.42 Å². The Labute approximate surface area is 138 Å². The molecule has 0 aromatic heterocycles. The highest BCUT2D eigenvalue weighted by Gasteiger charge is 2.18. The second kappa shape index (κ2) is 7.69. The van der Waals surface area contributed by atoms with Crippen LogP contribution in [0.4, 0.5) is 0 Å². The number of nitriles is 1. The summed E-state index contributed by atoms with van der Waals surface area (Å²) in [7, 11) is 3.30. The van der Waals surface area contributed by atoms with Gasteiger partial charge in [0.15, 0.2) is 0 Å². The number of rotatable bonds is 6. The fourth-order valence-corrected chi connectivity index (χ4v) is 2.72. The fraction of sp³-hybridized carbons (Fsp3) is 0.350. The van der Waals surface area contributed by atoms with E-state index in [9.17, 15) is 5.26 Å². The van der Waals surface area contributed by atoms with Gasteiger partial charge in [0.25, 0.3) is 0 Å². The van der Waals surface area contributed by atoms with E-state index >= 15 is 0 Å². The van der Waals surface area contributed by atoms with Crippen molar-refractivity contribution in [2.24, 2.45) is 0 Å². The van der Waals surface area contributed by atoms with Gasteiger partial charge in [0.2, 0.25) is 0 Å². The van der Waals surface area contributed by atoms with E-state index < -0.39 is 0 Å². The van der Waals surface area contributed by atoms with Gasteiger partial charge >= 0.3 is 0 Å². The van der Waals surface area contributed by atoms with Gasteiger partial charge in [-0.1, -0.05) is 44.2 Å². The number of para-hydroxylation sites is 1. The molecule has 3 heteroatoms. The minimum atomic E-state index is -0.275. The smallest absolute Gasteiger partial charge is 0.123 e. The van der Waals surface area contributed by atoms with Crippen molar-refractivity contribution in [2.75, 3.05) is 14.2 Å². The van der Waals surface area contributed by atoms with Crippen molar-refractivity contribution < 1.29 is 9.47 Å². The van der Waals surface area contributed by atoms with Crippen LogP contribution in [0.2, 0.25) is 0 Å². The molecule has 2 rings (SSSR count).